The van der Waals surface area contributed by atoms with Crippen LogP contribution in [0.5, 0.6) is 5.75 Å². The molecule has 1 saturated heterocycles. The van der Waals surface area contributed by atoms with Crippen molar-refractivity contribution in [2.24, 2.45) is 5.73 Å². The van der Waals surface area contributed by atoms with Gasteiger partial charge in [0.05, 0.1) is 18.8 Å². The molecular formula is C21H23F3N2O4. The predicted octanol–water partition coefficient (Wildman–Crippen LogP) is 2.54. The number of benzene rings is 2. The summed E-state index contributed by atoms with van der Waals surface area (Å²) in [6.45, 7) is 2.66. The highest BCUT2D eigenvalue weighted by atomic mass is 19.4. The van der Waals surface area contributed by atoms with E-state index < -0.39 is 23.8 Å². The van der Waals surface area contributed by atoms with E-state index in [0.29, 0.717) is 32.8 Å². The number of amides is 1. The third-order valence-electron chi connectivity index (χ3n) is 4.75. The Hall–Kier alpha value is -2.62. The Kier molecular flexibility index (Phi) is 6.96. The van der Waals surface area contributed by atoms with Crippen molar-refractivity contribution in [1.82, 2.24) is 4.90 Å². The van der Waals surface area contributed by atoms with Gasteiger partial charge in [-0.3, -0.25) is 9.69 Å². The fraction of sp³-hybridized carbons (Fsp3) is 0.381. The van der Waals surface area contributed by atoms with Gasteiger partial charge >= 0.3 is 6.18 Å². The third kappa shape index (κ3) is 5.71. The molecule has 2 aromatic rings. The van der Waals surface area contributed by atoms with Crippen molar-refractivity contribution < 1.29 is 32.5 Å². The zero-order valence-corrected chi connectivity index (χ0v) is 16.2. The Morgan fingerprint density at radius 1 is 1.20 bits per heavy atom. The van der Waals surface area contributed by atoms with Crippen LogP contribution >= 0.6 is 0 Å². The van der Waals surface area contributed by atoms with Crippen LogP contribution in [-0.4, -0.2) is 61.5 Å². The SMILES string of the molecule is NC(=O)c1ccccc1-c1cc(OCC(O)CN2CCOCC2)cc(C(F)(F)F)c1. The van der Waals surface area contributed by atoms with Gasteiger partial charge in [0.1, 0.15) is 18.5 Å². The van der Waals surface area contributed by atoms with E-state index in [-0.39, 0.29) is 29.0 Å². The Morgan fingerprint density at radius 3 is 2.57 bits per heavy atom. The number of morpholine rings is 1. The maximum absolute atomic E-state index is 13.4. The van der Waals surface area contributed by atoms with E-state index in [9.17, 15) is 23.1 Å². The Morgan fingerprint density at radius 2 is 1.90 bits per heavy atom. The van der Waals surface area contributed by atoms with Crippen molar-refractivity contribution in [2.45, 2.75) is 12.3 Å². The van der Waals surface area contributed by atoms with Gasteiger partial charge in [-0.05, 0) is 35.4 Å². The molecule has 0 aliphatic carbocycles. The highest BCUT2D eigenvalue weighted by molar-refractivity contribution is 5.99. The summed E-state index contributed by atoms with van der Waals surface area (Å²) in [4.78, 5) is 13.7. The molecule has 1 unspecified atom stereocenters. The van der Waals surface area contributed by atoms with Crippen molar-refractivity contribution in [3.8, 4) is 16.9 Å². The first kappa shape index (κ1) is 22.1. The number of primary amides is 1. The number of ether oxygens (including phenoxy) is 2. The zero-order chi connectivity index (χ0) is 21.7. The molecule has 1 heterocycles. The summed E-state index contributed by atoms with van der Waals surface area (Å²) in [7, 11) is 0. The van der Waals surface area contributed by atoms with Gasteiger partial charge in [-0.15, -0.1) is 0 Å². The molecule has 3 N–H and O–H groups in total. The van der Waals surface area contributed by atoms with Gasteiger partial charge in [0.2, 0.25) is 5.91 Å². The van der Waals surface area contributed by atoms with Crippen molar-refractivity contribution >= 4 is 5.91 Å². The molecule has 1 aliphatic rings. The van der Waals surface area contributed by atoms with Crippen LogP contribution in [0.15, 0.2) is 42.5 Å². The topological polar surface area (TPSA) is 85.0 Å². The second-order valence-electron chi connectivity index (χ2n) is 7.03. The third-order valence-corrected chi connectivity index (χ3v) is 4.75. The number of halogens is 3. The molecule has 0 radical (unpaired) electrons. The van der Waals surface area contributed by atoms with Crippen LogP contribution in [0.3, 0.4) is 0 Å². The van der Waals surface area contributed by atoms with Gasteiger partial charge in [-0.2, -0.15) is 13.2 Å². The van der Waals surface area contributed by atoms with Crippen molar-refractivity contribution in [3.63, 3.8) is 0 Å². The molecule has 1 fully saturated rings. The minimum absolute atomic E-state index is 0.0554. The first-order valence-corrected chi connectivity index (χ1v) is 9.46. The standard InChI is InChI=1S/C21H23F3N2O4/c22-21(23,24)15-9-14(18-3-1-2-4-19(18)20(25)28)10-17(11-15)30-13-16(27)12-26-5-7-29-8-6-26/h1-4,9-11,16,27H,5-8,12-13H2,(H2,25,28). The zero-order valence-electron chi connectivity index (χ0n) is 16.2. The molecule has 0 bridgehead atoms. The van der Waals surface area contributed by atoms with E-state index in [1.807, 2.05) is 4.90 Å². The normalized spacial score (nSPS) is 16.3. The lowest BCUT2D eigenvalue weighted by Crippen LogP contribution is -2.42. The fourth-order valence-corrected chi connectivity index (χ4v) is 3.28. The molecule has 1 amide bonds. The molecule has 30 heavy (non-hydrogen) atoms. The largest absolute Gasteiger partial charge is 0.491 e. The van der Waals surface area contributed by atoms with Crippen molar-refractivity contribution in [1.29, 1.82) is 0 Å². The molecule has 3 rings (SSSR count). The van der Waals surface area contributed by atoms with Gasteiger partial charge in [-0.25, -0.2) is 0 Å². The van der Waals surface area contributed by atoms with E-state index >= 15 is 0 Å². The number of aliphatic hydroxyl groups is 1. The number of alkyl halides is 3. The Bertz CT molecular complexity index is 883. The first-order valence-electron chi connectivity index (χ1n) is 9.46. The molecule has 162 valence electrons. The number of nitrogens with zero attached hydrogens (tertiary/aromatic N) is 1. The second kappa shape index (κ2) is 9.46. The van der Waals surface area contributed by atoms with E-state index in [0.717, 1.165) is 12.1 Å². The summed E-state index contributed by atoms with van der Waals surface area (Å²) < 4.78 is 51.0. The average Bonchev–Trinajstić information content (AvgIpc) is 2.72. The molecule has 0 aromatic heterocycles. The molecule has 6 nitrogen and oxygen atoms in total. The van der Waals surface area contributed by atoms with Gasteiger partial charge in [0.25, 0.3) is 0 Å². The average molecular weight is 424 g/mol. The van der Waals surface area contributed by atoms with Crippen LogP contribution in [0, 0.1) is 0 Å². The molecule has 1 aliphatic heterocycles. The van der Waals surface area contributed by atoms with Gasteiger partial charge in [0.15, 0.2) is 0 Å². The van der Waals surface area contributed by atoms with Crippen LogP contribution in [0.4, 0.5) is 13.2 Å². The van der Waals surface area contributed by atoms with Crippen LogP contribution in [0.2, 0.25) is 0 Å². The Balaban J connectivity index is 1.82. The van der Waals surface area contributed by atoms with Gasteiger partial charge in [0, 0.05) is 25.2 Å². The molecule has 0 saturated carbocycles. The first-order chi connectivity index (χ1) is 14.2. The lowest BCUT2D eigenvalue weighted by atomic mass is 9.97. The number of hydrogen-bond donors (Lipinski definition) is 2. The summed E-state index contributed by atoms with van der Waals surface area (Å²) in [6, 6.07) is 9.37. The van der Waals surface area contributed by atoms with Crippen molar-refractivity contribution in [3.05, 3.63) is 53.6 Å². The molecule has 1 atom stereocenters. The summed E-state index contributed by atoms with van der Waals surface area (Å²) >= 11 is 0. The number of rotatable bonds is 7. The van der Waals surface area contributed by atoms with Crippen LogP contribution in [0.25, 0.3) is 11.1 Å². The molecule has 9 heteroatoms. The molecule has 0 spiro atoms. The van der Waals surface area contributed by atoms with Crippen LogP contribution in [-0.2, 0) is 10.9 Å². The van der Waals surface area contributed by atoms with E-state index in [2.05, 4.69) is 0 Å². The monoisotopic (exact) mass is 424 g/mol. The second-order valence-corrected chi connectivity index (χ2v) is 7.03. The highest BCUT2D eigenvalue weighted by Crippen LogP contribution is 2.36. The van der Waals surface area contributed by atoms with E-state index in [4.69, 9.17) is 15.2 Å². The molecular weight excluding hydrogens is 401 g/mol. The number of aliphatic hydroxyl groups excluding tert-OH is 1. The summed E-state index contributed by atoms with van der Waals surface area (Å²) in [6.07, 6.45) is -5.48. The fourth-order valence-electron chi connectivity index (χ4n) is 3.28. The van der Waals surface area contributed by atoms with E-state index in [1.54, 1.807) is 12.1 Å². The minimum Gasteiger partial charge on any atom is -0.491 e. The summed E-state index contributed by atoms with van der Waals surface area (Å²) in [5.74, 6) is -0.800. The predicted molar refractivity (Wildman–Crippen MR) is 104 cm³/mol. The number of β-amino-alcohol motifs (C(OH)–C–C–N with tert-alkyl or cyclic N) is 1. The Labute approximate surface area is 172 Å². The number of nitrogens with two attached hydrogens (primary N) is 1. The highest BCUT2D eigenvalue weighted by Gasteiger charge is 2.32. The maximum atomic E-state index is 13.4. The van der Waals surface area contributed by atoms with Crippen molar-refractivity contribution in [2.75, 3.05) is 39.5 Å². The smallest absolute Gasteiger partial charge is 0.416 e. The number of carbonyl (C=O) groups excluding carboxylic acids is 1. The molecule has 2 aromatic carbocycles. The summed E-state index contributed by atoms with van der Waals surface area (Å²) in [5, 5.41) is 10.2. The van der Waals surface area contributed by atoms with Crippen LogP contribution < -0.4 is 10.5 Å². The number of hydrogen-bond acceptors (Lipinski definition) is 5. The van der Waals surface area contributed by atoms with Gasteiger partial charge in [-0.1, -0.05) is 18.2 Å². The lowest BCUT2D eigenvalue weighted by molar-refractivity contribution is -0.137. The number of carbonyl (C=O) groups is 1. The minimum atomic E-state index is -4.61. The maximum Gasteiger partial charge on any atom is 0.416 e. The van der Waals surface area contributed by atoms with Gasteiger partial charge < -0.3 is 20.3 Å². The quantitative estimate of drug-likeness (QED) is 0.714. The van der Waals surface area contributed by atoms with Crippen LogP contribution in [0.1, 0.15) is 15.9 Å². The van der Waals surface area contributed by atoms with E-state index in [1.165, 1.54) is 18.2 Å². The summed E-state index contributed by atoms with van der Waals surface area (Å²) in [5.41, 5.74) is 4.97. The lowest BCUT2D eigenvalue weighted by Gasteiger charge is -2.28.